The molecular weight excluding hydrogens is 180 g/mol. The van der Waals surface area contributed by atoms with Crippen molar-refractivity contribution >= 4 is 5.91 Å². The molecular formula is C9H10N4O. The maximum Gasteiger partial charge on any atom is 0.240 e. The molecule has 1 aliphatic rings. The summed E-state index contributed by atoms with van der Waals surface area (Å²) in [5.74, 6) is -0.172. The lowest BCUT2D eigenvalue weighted by molar-refractivity contribution is -0.124. The summed E-state index contributed by atoms with van der Waals surface area (Å²) in [7, 11) is 0. The Balaban J connectivity index is 1.88. The number of amides is 1. The zero-order valence-corrected chi connectivity index (χ0v) is 7.58. The second-order valence-corrected chi connectivity index (χ2v) is 3.45. The molecule has 1 aliphatic carbocycles. The Bertz CT molecular complexity index is 372. The second kappa shape index (κ2) is 3.14. The number of hydrogen-bond donors (Lipinski definition) is 2. The van der Waals surface area contributed by atoms with Gasteiger partial charge < -0.3 is 10.3 Å². The lowest BCUT2D eigenvalue weighted by atomic mass is 10.1. The van der Waals surface area contributed by atoms with Crippen LogP contribution in [0.25, 0.3) is 0 Å². The minimum absolute atomic E-state index is 0.172. The number of nitrogens with zero attached hydrogens (tertiary/aromatic N) is 2. The van der Waals surface area contributed by atoms with E-state index in [4.69, 9.17) is 5.26 Å². The van der Waals surface area contributed by atoms with Crippen LogP contribution in [0.4, 0.5) is 0 Å². The van der Waals surface area contributed by atoms with Crippen LogP contribution < -0.4 is 5.32 Å². The summed E-state index contributed by atoms with van der Waals surface area (Å²) < 4.78 is 0. The fraction of sp³-hybridized carbons (Fsp3) is 0.444. The van der Waals surface area contributed by atoms with E-state index in [1.807, 2.05) is 6.07 Å². The SMILES string of the molecule is N#CC1(C(=O)NCc2cnc[nH]2)CC1. The van der Waals surface area contributed by atoms with Gasteiger partial charge in [0, 0.05) is 6.20 Å². The Morgan fingerprint density at radius 1 is 1.79 bits per heavy atom. The Morgan fingerprint density at radius 3 is 3.07 bits per heavy atom. The van der Waals surface area contributed by atoms with E-state index < -0.39 is 5.41 Å². The summed E-state index contributed by atoms with van der Waals surface area (Å²) in [6.45, 7) is 0.405. The number of rotatable bonds is 3. The summed E-state index contributed by atoms with van der Waals surface area (Å²) in [5, 5.41) is 11.5. The molecule has 0 radical (unpaired) electrons. The second-order valence-electron chi connectivity index (χ2n) is 3.45. The third-order valence-electron chi connectivity index (χ3n) is 2.39. The van der Waals surface area contributed by atoms with E-state index >= 15 is 0 Å². The monoisotopic (exact) mass is 190 g/mol. The van der Waals surface area contributed by atoms with Crippen molar-refractivity contribution in [3.63, 3.8) is 0 Å². The van der Waals surface area contributed by atoms with Crippen molar-refractivity contribution in [1.29, 1.82) is 5.26 Å². The quantitative estimate of drug-likeness (QED) is 0.720. The van der Waals surface area contributed by atoms with Crippen molar-refractivity contribution in [3.05, 3.63) is 18.2 Å². The van der Waals surface area contributed by atoms with Crippen LogP contribution in [-0.2, 0) is 11.3 Å². The van der Waals surface area contributed by atoms with Crippen molar-refractivity contribution < 1.29 is 4.79 Å². The van der Waals surface area contributed by atoms with E-state index in [1.54, 1.807) is 12.5 Å². The Hall–Kier alpha value is -1.83. The van der Waals surface area contributed by atoms with Crippen LogP contribution in [0.3, 0.4) is 0 Å². The Labute approximate surface area is 81.1 Å². The molecule has 1 fully saturated rings. The largest absolute Gasteiger partial charge is 0.349 e. The van der Waals surface area contributed by atoms with Crippen LogP contribution in [0.5, 0.6) is 0 Å². The molecule has 1 saturated carbocycles. The predicted octanol–water partition coefficient (Wildman–Crippen LogP) is 0.330. The molecule has 14 heavy (non-hydrogen) atoms. The third kappa shape index (κ3) is 1.46. The molecule has 0 unspecified atom stereocenters. The topological polar surface area (TPSA) is 81.6 Å². The average Bonchev–Trinajstić information content (AvgIpc) is 2.84. The smallest absolute Gasteiger partial charge is 0.240 e. The number of carbonyl (C=O) groups is 1. The molecule has 2 rings (SSSR count). The van der Waals surface area contributed by atoms with Gasteiger partial charge in [0.2, 0.25) is 5.91 Å². The number of imidazole rings is 1. The lowest BCUT2D eigenvalue weighted by Gasteiger charge is -2.06. The van der Waals surface area contributed by atoms with E-state index in [1.165, 1.54) is 0 Å². The van der Waals surface area contributed by atoms with Crippen LogP contribution in [-0.4, -0.2) is 15.9 Å². The molecule has 0 aromatic carbocycles. The van der Waals surface area contributed by atoms with Gasteiger partial charge in [0.25, 0.3) is 0 Å². The highest BCUT2D eigenvalue weighted by Crippen LogP contribution is 2.44. The van der Waals surface area contributed by atoms with Crippen molar-refractivity contribution in [3.8, 4) is 6.07 Å². The van der Waals surface area contributed by atoms with Crippen molar-refractivity contribution in [2.45, 2.75) is 19.4 Å². The first-order chi connectivity index (χ1) is 6.77. The van der Waals surface area contributed by atoms with Crippen LogP contribution in [0.15, 0.2) is 12.5 Å². The van der Waals surface area contributed by atoms with Crippen LogP contribution in [0.2, 0.25) is 0 Å². The highest BCUT2D eigenvalue weighted by molar-refractivity contribution is 5.88. The summed E-state index contributed by atoms with van der Waals surface area (Å²) in [4.78, 5) is 18.2. The fourth-order valence-corrected chi connectivity index (χ4v) is 1.24. The number of nitrogens with one attached hydrogen (secondary N) is 2. The van der Waals surface area contributed by atoms with Gasteiger partial charge in [0.15, 0.2) is 0 Å². The summed E-state index contributed by atoms with van der Waals surface area (Å²) in [6.07, 6.45) is 4.56. The van der Waals surface area contributed by atoms with Gasteiger partial charge in [0.1, 0.15) is 5.41 Å². The zero-order valence-electron chi connectivity index (χ0n) is 7.58. The summed E-state index contributed by atoms with van der Waals surface area (Å²) in [6, 6.07) is 2.04. The summed E-state index contributed by atoms with van der Waals surface area (Å²) in [5.41, 5.74) is 0.104. The van der Waals surface area contributed by atoms with Gasteiger partial charge in [-0.05, 0) is 12.8 Å². The van der Waals surface area contributed by atoms with E-state index in [9.17, 15) is 4.79 Å². The molecule has 72 valence electrons. The molecule has 5 nitrogen and oxygen atoms in total. The lowest BCUT2D eigenvalue weighted by Crippen LogP contribution is -2.30. The minimum Gasteiger partial charge on any atom is -0.349 e. The third-order valence-corrected chi connectivity index (χ3v) is 2.39. The molecule has 2 N–H and O–H groups in total. The standard InChI is InChI=1S/C9H10N4O/c10-5-9(1-2-9)8(14)12-4-7-3-11-6-13-7/h3,6H,1-2,4H2,(H,11,13)(H,12,14). The van der Waals surface area contributed by atoms with Crippen molar-refractivity contribution in [1.82, 2.24) is 15.3 Å². The summed E-state index contributed by atoms with van der Waals surface area (Å²) >= 11 is 0. The average molecular weight is 190 g/mol. The predicted molar refractivity (Wildman–Crippen MR) is 47.7 cm³/mol. The number of nitriles is 1. The number of hydrogen-bond acceptors (Lipinski definition) is 3. The number of carbonyl (C=O) groups excluding carboxylic acids is 1. The molecule has 1 aromatic heterocycles. The normalized spacial score (nSPS) is 17.1. The minimum atomic E-state index is -0.736. The molecule has 0 aliphatic heterocycles. The maximum absolute atomic E-state index is 11.5. The molecule has 1 amide bonds. The van der Waals surface area contributed by atoms with E-state index in [0.29, 0.717) is 19.4 Å². The first kappa shape index (κ1) is 8.75. The molecule has 1 heterocycles. The molecule has 5 heteroatoms. The first-order valence-electron chi connectivity index (χ1n) is 4.44. The number of aromatic nitrogens is 2. The van der Waals surface area contributed by atoms with E-state index in [0.717, 1.165) is 5.69 Å². The number of H-pyrrole nitrogens is 1. The van der Waals surface area contributed by atoms with Crippen LogP contribution in [0.1, 0.15) is 18.5 Å². The highest BCUT2D eigenvalue weighted by Gasteiger charge is 2.50. The molecule has 0 bridgehead atoms. The van der Waals surface area contributed by atoms with Gasteiger partial charge >= 0.3 is 0 Å². The van der Waals surface area contributed by atoms with E-state index in [2.05, 4.69) is 15.3 Å². The molecule has 0 spiro atoms. The van der Waals surface area contributed by atoms with Gasteiger partial charge in [-0.25, -0.2) is 4.98 Å². The Morgan fingerprint density at radius 2 is 2.57 bits per heavy atom. The van der Waals surface area contributed by atoms with Crippen LogP contribution in [0, 0.1) is 16.7 Å². The molecule has 0 atom stereocenters. The zero-order chi connectivity index (χ0) is 10.0. The van der Waals surface area contributed by atoms with Gasteiger partial charge in [-0.2, -0.15) is 5.26 Å². The van der Waals surface area contributed by atoms with Crippen LogP contribution >= 0.6 is 0 Å². The van der Waals surface area contributed by atoms with Gasteiger partial charge in [-0.3, -0.25) is 4.79 Å². The van der Waals surface area contributed by atoms with E-state index in [-0.39, 0.29) is 5.91 Å². The van der Waals surface area contributed by atoms with Gasteiger partial charge in [-0.15, -0.1) is 0 Å². The highest BCUT2D eigenvalue weighted by atomic mass is 16.2. The molecule has 1 aromatic rings. The van der Waals surface area contributed by atoms with Gasteiger partial charge in [0.05, 0.1) is 24.6 Å². The molecule has 0 saturated heterocycles. The Kier molecular flexibility index (Phi) is 1.97. The maximum atomic E-state index is 11.5. The fourth-order valence-electron chi connectivity index (χ4n) is 1.24. The number of aromatic amines is 1. The first-order valence-corrected chi connectivity index (χ1v) is 4.44. The van der Waals surface area contributed by atoms with Crippen molar-refractivity contribution in [2.75, 3.05) is 0 Å². The van der Waals surface area contributed by atoms with Crippen molar-refractivity contribution in [2.24, 2.45) is 5.41 Å². The van der Waals surface area contributed by atoms with Gasteiger partial charge in [-0.1, -0.05) is 0 Å².